The van der Waals surface area contributed by atoms with Crippen LogP contribution >= 0.6 is 39.3 Å². The van der Waals surface area contributed by atoms with E-state index in [-0.39, 0.29) is 39.7 Å². The predicted molar refractivity (Wildman–Crippen MR) is 136 cm³/mol. The first kappa shape index (κ1) is 26.8. The molecule has 35 heavy (non-hydrogen) atoms. The second-order valence-electron chi connectivity index (χ2n) is 7.44. The zero-order valence-corrected chi connectivity index (χ0v) is 22.2. The van der Waals surface area contributed by atoms with E-state index in [1.54, 1.807) is 57.2 Å². The van der Waals surface area contributed by atoms with Gasteiger partial charge in [-0.1, -0.05) is 23.7 Å². The predicted octanol–water partition coefficient (Wildman–Crippen LogP) is 5.71. The van der Waals surface area contributed by atoms with Gasteiger partial charge in [0.05, 0.1) is 32.7 Å². The molecule has 8 nitrogen and oxygen atoms in total. The SMILES string of the molecule is CCOc1cc(/C=C2\SC(=O)N(CC(=O)OC(C)C)C2=O)cc(Br)c1OC(=O)c1ccccc1Cl. The largest absolute Gasteiger partial charge is 0.490 e. The van der Waals surface area contributed by atoms with Crippen molar-refractivity contribution in [2.75, 3.05) is 13.2 Å². The Morgan fingerprint density at radius 3 is 2.57 bits per heavy atom. The van der Waals surface area contributed by atoms with E-state index in [2.05, 4.69) is 15.9 Å². The molecule has 1 heterocycles. The lowest BCUT2D eigenvalue weighted by molar-refractivity contribution is -0.149. The minimum Gasteiger partial charge on any atom is -0.490 e. The third-order valence-corrected chi connectivity index (χ3v) is 6.27. The first-order valence-corrected chi connectivity index (χ1v) is 12.5. The molecule has 1 fully saturated rings. The molecule has 2 aromatic rings. The Morgan fingerprint density at radius 1 is 1.20 bits per heavy atom. The van der Waals surface area contributed by atoms with Crippen LogP contribution in [0.25, 0.3) is 6.08 Å². The second kappa shape index (κ2) is 11.7. The molecule has 1 saturated heterocycles. The van der Waals surface area contributed by atoms with Crippen LogP contribution in [0.4, 0.5) is 4.79 Å². The Hall–Kier alpha value is -2.82. The number of carbonyl (C=O) groups is 4. The molecule has 0 bridgehead atoms. The molecule has 2 aromatic carbocycles. The maximum Gasteiger partial charge on any atom is 0.345 e. The Bertz CT molecular complexity index is 1210. The summed E-state index contributed by atoms with van der Waals surface area (Å²) in [6.45, 7) is 4.93. The van der Waals surface area contributed by atoms with Gasteiger partial charge < -0.3 is 14.2 Å². The van der Waals surface area contributed by atoms with E-state index in [0.717, 1.165) is 4.90 Å². The maximum absolute atomic E-state index is 12.7. The standard InChI is InChI=1S/C24H21BrClNO7S/c1-4-32-18-10-14(9-16(25)21(18)34-23(30)15-7-5-6-8-17(15)26)11-19-22(29)27(24(31)35-19)12-20(28)33-13(2)3/h5-11,13H,4,12H2,1-3H3/b19-11-. The number of halogens is 2. The number of hydrogen-bond acceptors (Lipinski definition) is 8. The lowest BCUT2D eigenvalue weighted by Gasteiger charge is -2.14. The van der Waals surface area contributed by atoms with Crippen LogP contribution in [-0.2, 0) is 14.3 Å². The van der Waals surface area contributed by atoms with Gasteiger partial charge in [0.15, 0.2) is 11.5 Å². The summed E-state index contributed by atoms with van der Waals surface area (Å²) in [4.78, 5) is 50.5. The zero-order chi connectivity index (χ0) is 25.7. The molecule has 11 heteroatoms. The number of imide groups is 1. The normalized spacial score (nSPS) is 14.6. The van der Waals surface area contributed by atoms with Gasteiger partial charge in [-0.15, -0.1) is 0 Å². The van der Waals surface area contributed by atoms with Gasteiger partial charge in [-0.05, 0) is 84.4 Å². The number of rotatable bonds is 8. The molecule has 0 radical (unpaired) electrons. The van der Waals surface area contributed by atoms with Gasteiger partial charge in [0.2, 0.25) is 0 Å². The molecule has 0 atom stereocenters. The van der Waals surface area contributed by atoms with Crippen molar-refractivity contribution < 1.29 is 33.4 Å². The summed E-state index contributed by atoms with van der Waals surface area (Å²) in [7, 11) is 0. The highest BCUT2D eigenvalue weighted by Gasteiger charge is 2.37. The number of amides is 2. The van der Waals surface area contributed by atoms with Crippen LogP contribution in [0.1, 0.15) is 36.7 Å². The molecule has 0 aliphatic carbocycles. The number of benzene rings is 2. The van der Waals surface area contributed by atoms with Crippen LogP contribution in [0, 0.1) is 0 Å². The van der Waals surface area contributed by atoms with E-state index in [1.165, 1.54) is 6.08 Å². The lowest BCUT2D eigenvalue weighted by Crippen LogP contribution is -2.35. The van der Waals surface area contributed by atoms with E-state index in [1.807, 2.05) is 0 Å². The van der Waals surface area contributed by atoms with Crippen LogP contribution in [0.2, 0.25) is 5.02 Å². The van der Waals surface area contributed by atoms with E-state index in [9.17, 15) is 19.2 Å². The molecule has 1 aliphatic heterocycles. The van der Waals surface area contributed by atoms with Crippen LogP contribution < -0.4 is 9.47 Å². The Morgan fingerprint density at radius 2 is 1.91 bits per heavy atom. The summed E-state index contributed by atoms with van der Waals surface area (Å²) in [5.74, 6) is -1.57. The third kappa shape index (κ3) is 6.65. The summed E-state index contributed by atoms with van der Waals surface area (Å²) >= 11 is 10.2. The van der Waals surface area contributed by atoms with Crippen molar-refractivity contribution in [3.63, 3.8) is 0 Å². The Kier molecular flexibility index (Phi) is 8.98. The summed E-state index contributed by atoms with van der Waals surface area (Å²) in [5.41, 5.74) is 0.699. The maximum atomic E-state index is 12.7. The van der Waals surface area contributed by atoms with E-state index < -0.39 is 29.6 Å². The number of thioether (sulfide) groups is 1. The Labute approximate surface area is 219 Å². The molecule has 0 N–H and O–H groups in total. The number of carbonyl (C=O) groups excluding carboxylic acids is 4. The van der Waals surface area contributed by atoms with Gasteiger partial charge in [-0.2, -0.15) is 0 Å². The molecule has 0 saturated carbocycles. The first-order chi connectivity index (χ1) is 16.6. The number of nitrogens with zero attached hydrogens (tertiary/aromatic N) is 1. The fourth-order valence-electron chi connectivity index (χ4n) is 3.02. The zero-order valence-electron chi connectivity index (χ0n) is 19.0. The van der Waals surface area contributed by atoms with Crippen LogP contribution in [0.5, 0.6) is 11.5 Å². The summed E-state index contributed by atoms with van der Waals surface area (Å²) < 4.78 is 16.6. The number of esters is 2. The van der Waals surface area contributed by atoms with Crippen LogP contribution in [-0.4, -0.2) is 47.2 Å². The smallest absolute Gasteiger partial charge is 0.345 e. The van der Waals surface area contributed by atoms with Gasteiger partial charge in [-0.3, -0.25) is 19.3 Å². The van der Waals surface area contributed by atoms with Crippen molar-refractivity contribution in [1.82, 2.24) is 4.90 Å². The van der Waals surface area contributed by atoms with Gasteiger partial charge in [0.1, 0.15) is 6.54 Å². The second-order valence-corrected chi connectivity index (χ2v) is 9.69. The Balaban J connectivity index is 1.86. The molecule has 184 valence electrons. The fourth-order valence-corrected chi connectivity index (χ4v) is 4.62. The average Bonchev–Trinajstić information content (AvgIpc) is 3.03. The first-order valence-electron chi connectivity index (χ1n) is 10.5. The quantitative estimate of drug-likeness (QED) is 0.222. The molecule has 1 aliphatic rings. The number of ether oxygens (including phenoxy) is 3. The minimum atomic E-state index is -0.672. The molecule has 0 unspecified atom stereocenters. The van der Waals surface area contributed by atoms with Crippen molar-refractivity contribution in [3.05, 3.63) is 61.9 Å². The van der Waals surface area contributed by atoms with Gasteiger partial charge in [-0.25, -0.2) is 4.79 Å². The average molecular weight is 583 g/mol. The van der Waals surface area contributed by atoms with E-state index >= 15 is 0 Å². The van der Waals surface area contributed by atoms with Crippen LogP contribution in [0.15, 0.2) is 45.8 Å². The van der Waals surface area contributed by atoms with Crippen LogP contribution in [0.3, 0.4) is 0 Å². The topological polar surface area (TPSA) is 99.2 Å². The van der Waals surface area contributed by atoms with Gasteiger partial charge >= 0.3 is 11.9 Å². The fraction of sp³-hybridized carbons (Fsp3) is 0.250. The minimum absolute atomic E-state index is 0.127. The molecular formula is C24H21BrClNO7S. The van der Waals surface area contributed by atoms with E-state index in [0.29, 0.717) is 21.8 Å². The van der Waals surface area contributed by atoms with Gasteiger partial charge in [0.25, 0.3) is 11.1 Å². The monoisotopic (exact) mass is 581 g/mol. The highest BCUT2D eigenvalue weighted by atomic mass is 79.9. The summed E-state index contributed by atoms with van der Waals surface area (Å²) in [6, 6.07) is 9.67. The van der Waals surface area contributed by atoms with Crippen molar-refractivity contribution in [2.24, 2.45) is 0 Å². The van der Waals surface area contributed by atoms with Gasteiger partial charge in [0, 0.05) is 0 Å². The summed E-state index contributed by atoms with van der Waals surface area (Å²) in [6.07, 6.45) is 1.13. The molecule has 0 spiro atoms. The third-order valence-electron chi connectivity index (χ3n) is 4.45. The molecular weight excluding hydrogens is 562 g/mol. The van der Waals surface area contributed by atoms with Crippen molar-refractivity contribution in [3.8, 4) is 11.5 Å². The lowest BCUT2D eigenvalue weighted by atomic mass is 10.1. The van der Waals surface area contributed by atoms with Crippen molar-refractivity contribution in [1.29, 1.82) is 0 Å². The van der Waals surface area contributed by atoms with Crippen molar-refractivity contribution in [2.45, 2.75) is 26.9 Å². The highest BCUT2D eigenvalue weighted by Crippen LogP contribution is 2.40. The highest BCUT2D eigenvalue weighted by molar-refractivity contribution is 9.10. The summed E-state index contributed by atoms with van der Waals surface area (Å²) in [5, 5.41) is -0.326. The molecule has 0 aromatic heterocycles. The van der Waals surface area contributed by atoms with Crippen molar-refractivity contribution >= 4 is 68.5 Å². The number of hydrogen-bond donors (Lipinski definition) is 0. The molecule has 3 rings (SSSR count). The van der Waals surface area contributed by atoms with E-state index in [4.69, 9.17) is 25.8 Å². The molecule has 2 amide bonds.